The lowest BCUT2D eigenvalue weighted by atomic mass is 9.77. The molecule has 0 N–H and O–H groups in total. The first-order chi connectivity index (χ1) is 22.3. The second-order valence-corrected chi connectivity index (χ2v) is 11.8. The Balaban J connectivity index is 1.16. The van der Waals surface area contributed by atoms with Crippen molar-refractivity contribution in [1.82, 2.24) is 0 Å². The zero-order chi connectivity index (χ0) is 29.7. The van der Waals surface area contributed by atoms with E-state index in [1.165, 1.54) is 71.7 Å². The van der Waals surface area contributed by atoms with Gasteiger partial charge in [-0.1, -0.05) is 115 Å². The van der Waals surface area contributed by atoms with Gasteiger partial charge in [-0.2, -0.15) is 0 Å². The maximum absolute atomic E-state index is 2.40. The molecule has 8 aromatic carbocycles. The number of fused-ring (bicyclic) bond motifs is 6. The number of rotatable bonds is 5. The standard InChI is InChI=1S/C44H29N/c1-4-11-30(12-5-1)32-21-23-38(24-22-32)45(37-16-8-3-9-17-37)44-18-10-15-35-27-41-42-28-36-25-33(31-13-6-2-7-14-31)19-20-34(36)26-40(42)43(41)29-39(35)44/h1-29H. The fraction of sp³-hybridized carbons (Fsp3) is 0. The van der Waals surface area contributed by atoms with Gasteiger partial charge in [0.2, 0.25) is 0 Å². The average Bonchev–Trinajstić information content (AvgIpc) is 3.12. The van der Waals surface area contributed by atoms with Crippen molar-refractivity contribution >= 4 is 38.6 Å². The molecule has 1 heteroatoms. The van der Waals surface area contributed by atoms with Crippen LogP contribution >= 0.6 is 0 Å². The van der Waals surface area contributed by atoms with Crippen LogP contribution in [0.15, 0.2) is 176 Å². The Labute approximate surface area is 263 Å². The molecular formula is C44H29N. The van der Waals surface area contributed by atoms with Crippen LogP contribution in [0.25, 0.3) is 66.1 Å². The Hall–Kier alpha value is -5.92. The first-order valence-corrected chi connectivity index (χ1v) is 15.5. The molecule has 0 heterocycles. The van der Waals surface area contributed by atoms with Crippen molar-refractivity contribution < 1.29 is 0 Å². The summed E-state index contributed by atoms with van der Waals surface area (Å²) >= 11 is 0. The van der Waals surface area contributed by atoms with Crippen LogP contribution in [-0.4, -0.2) is 0 Å². The quantitative estimate of drug-likeness (QED) is 0.199. The molecule has 0 unspecified atom stereocenters. The summed E-state index contributed by atoms with van der Waals surface area (Å²) in [6.45, 7) is 0. The predicted octanol–water partition coefficient (Wildman–Crippen LogP) is 12.4. The molecule has 0 saturated carbocycles. The second kappa shape index (κ2) is 10.4. The van der Waals surface area contributed by atoms with Crippen LogP contribution in [0.3, 0.4) is 0 Å². The largest absolute Gasteiger partial charge is 0.310 e. The van der Waals surface area contributed by atoms with E-state index < -0.39 is 0 Å². The van der Waals surface area contributed by atoms with Gasteiger partial charge in [-0.25, -0.2) is 0 Å². The molecule has 0 amide bonds. The molecule has 0 fully saturated rings. The Morgan fingerprint density at radius 2 is 0.800 bits per heavy atom. The number of benzene rings is 8. The average molecular weight is 572 g/mol. The second-order valence-electron chi connectivity index (χ2n) is 11.8. The summed E-state index contributed by atoms with van der Waals surface area (Å²) in [6, 6.07) is 63.8. The normalized spacial score (nSPS) is 11.6. The molecule has 8 aromatic rings. The van der Waals surface area contributed by atoms with E-state index in [1.54, 1.807) is 0 Å². The summed E-state index contributed by atoms with van der Waals surface area (Å²) in [7, 11) is 0. The lowest BCUT2D eigenvalue weighted by molar-refractivity contribution is 1.30. The lowest BCUT2D eigenvalue weighted by Gasteiger charge is -2.29. The molecule has 0 radical (unpaired) electrons. The van der Waals surface area contributed by atoms with Gasteiger partial charge in [-0.3, -0.25) is 0 Å². The number of anilines is 3. The number of para-hydroxylation sites is 1. The summed E-state index contributed by atoms with van der Waals surface area (Å²) in [6.07, 6.45) is 0. The molecular weight excluding hydrogens is 542 g/mol. The molecule has 9 rings (SSSR count). The van der Waals surface area contributed by atoms with Crippen molar-refractivity contribution in [3.05, 3.63) is 176 Å². The van der Waals surface area contributed by atoms with Crippen LogP contribution in [0.4, 0.5) is 17.1 Å². The van der Waals surface area contributed by atoms with Gasteiger partial charge in [0, 0.05) is 16.8 Å². The third-order valence-electron chi connectivity index (χ3n) is 9.15. The number of hydrogen-bond acceptors (Lipinski definition) is 1. The highest BCUT2D eigenvalue weighted by atomic mass is 15.1. The van der Waals surface area contributed by atoms with E-state index >= 15 is 0 Å². The highest BCUT2D eigenvalue weighted by molar-refractivity contribution is 6.14. The zero-order valence-corrected chi connectivity index (χ0v) is 24.7. The molecule has 210 valence electrons. The van der Waals surface area contributed by atoms with E-state index in [2.05, 4.69) is 181 Å². The summed E-state index contributed by atoms with van der Waals surface area (Å²) < 4.78 is 0. The fourth-order valence-corrected chi connectivity index (χ4v) is 6.88. The highest BCUT2D eigenvalue weighted by Gasteiger charge is 2.25. The minimum Gasteiger partial charge on any atom is -0.310 e. The van der Waals surface area contributed by atoms with E-state index in [0.29, 0.717) is 0 Å². The van der Waals surface area contributed by atoms with Gasteiger partial charge < -0.3 is 4.90 Å². The minimum atomic E-state index is 1.14. The van der Waals surface area contributed by atoms with Crippen molar-refractivity contribution in [1.29, 1.82) is 0 Å². The van der Waals surface area contributed by atoms with E-state index in [-0.39, 0.29) is 0 Å². The molecule has 0 saturated heterocycles. The van der Waals surface area contributed by atoms with Crippen LogP contribution in [0.1, 0.15) is 0 Å². The van der Waals surface area contributed by atoms with E-state index in [4.69, 9.17) is 0 Å². The molecule has 0 aliphatic heterocycles. The Bertz CT molecular complexity index is 2340. The molecule has 0 spiro atoms. The summed E-state index contributed by atoms with van der Waals surface area (Å²) in [5, 5.41) is 5.05. The van der Waals surface area contributed by atoms with Crippen molar-refractivity contribution in [3.63, 3.8) is 0 Å². The van der Waals surface area contributed by atoms with Crippen LogP contribution in [-0.2, 0) is 0 Å². The van der Waals surface area contributed by atoms with Gasteiger partial charge in [-0.15, -0.1) is 0 Å². The number of hydrogen-bond donors (Lipinski definition) is 0. The van der Waals surface area contributed by atoms with Crippen LogP contribution in [0.2, 0.25) is 0 Å². The number of nitrogens with zero attached hydrogens (tertiary/aromatic N) is 1. The Kier molecular flexibility index (Phi) is 5.89. The minimum absolute atomic E-state index is 1.14. The summed E-state index contributed by atoms with van der Waals surface area (Å²) in [4.78, 5) is 2.38. The summed E-state index contributed by atoms with van der Waals surface area (Å²) in [5.74, 6) is 0. The topological polar surface area (TPSA) is 3.24 Å². The van der Waals surface area contributed by atoms with Crippen molar-refractivity contribution in [2.24, 2.45) is 0 Å². The van der Waals surface area contributed by atoms with Crippen molar-refractivity contribution in [2.75, 3.05) is 4.90 Å². The van der Waals surface area contributed by atoms with Gasteiger partial charge in [0.25, 0.3) is 0 Å². The molecule has 1 aliphatic rings. The molecule has 0 atom stereocenters. The van der Waals surface area contributed by atoms with Gasteiger partial charge >= 0.3 is 0 Å². The molecule has 1 aliphatic carbocycles. The van der Waals surface area contributed by atoms with Gasteiger partial charge in [0.15, 0.2) is 0 Å². The first kappa shape index (κ1) is 25.6. The molecule has 0 bridgehead atoms. The zero-order valence-electron chi connectivity index (χ0n) is 24.7. The van der Waals surface area contributed by atoms with Crippen LogP contribution in [0, 0.1) is 0 Å². The highest BCUT2D eigenvalue weighted by Crippen LogP contribution is 2.52. The monoisotopic (exact) mass is 571 g/mol. The van der Waals surface area contributed by atoms with Gasteiger partial charge in [-0.05, 0) is 121 Å². The predicted molar refractivity (Wildman–Crippen MR) is 191 cm³/mol. The van der Waals surface area contributed by atoms with E-state index in [1.807, 2.05) is 0 Å². The van der Waals surface area contributed by atoms with Crippen LogP contribution < -0.4 is 4.90 Å². The van der Waals surface area contributed by atoms with Gasteiger partial charge in [0.05, 0.1) is 5.69 Å². The maximum Gasteiger partial charge on any atom is 0.0540 e. The Morgan fingerprint density at radius 1 is 0.289 bits per heavy atom. The lowest BCUT2D eigenvalue weighted by Crippen LogP contribution is -2.10. The third kappa shape index (κ3) is 4.32. The molecule has 0 aromatic heterocycles. The van der Waals surface area contributed by atoms with Crippen molar-refractivity contribution in [2.45, 2.75) is 0 Å². The first-order valence-electron chi connectivity index (χ1n) is 15.5. The van der Waals surface area contributed by atoms with Crippen molar-refractivity contribution in [3.8, 4) is 44.5 Å². The Morgan fingerprint density at radius 3 is 1.49 bits per heavy atom. The smallest absolute Gasteiger partial charge is 0.0540 e. The van der Waals surface area contributed by atoms with E-state index in [9.17, 15) is 0 Å². The summed E-state index contributed by atoms with van der Waals surface area (Å²) in [5.41, 5.74) is 13.7. The third-order valence-corrected chi connectivity index (χ3v) is 9.15. The maximum atomic E-state index is 2.40. The van der Waals surface area contributed by atoms with Gasteiger partial charge in [0.1, 0.15) is 0 Å². The van der Waals surface area contributed by atoms with Crippen LogP contribution in [0.5, 0.6) is 0 Å². The SMILES string of the molecule is c1ccc(-c2ccc(N(c3ccccc3)c3cccc4cc5c(cc34)-c3cc4ccc(-c6ccccc6)cc4cc3-5)cc2)cc1. The van der Waals surface area contributed by atoms with E-state index in [0.717, 1.165) is 11.4 Å². The fourth-order valence-electron chi connectivity index (χ4n) is 6.88. The molecule has 45 heavy (non-hydrogen) atoms. The molecule has 1 nitrogen and oxygen atoms in total.